The number of hydrogen-bond donors (Lipinski definition) is 1. The van der Waals surface area contributed by atoms with Crippen LogP contribution in [0.5, 0.6) is 0 Å². The number of nitrogens with one attached hydrogen (secondary N) is 1. The number of halogens is 2. The minimum Gasteiger partial charge on any atom is -0.618 e. The molecule has 0 atom stereocenters. The average Bonchev–Trinajstić information content (AvgIpc) is 2.36. The standard InChI is InChI=1S/C12H9Cl2N3O2/c1-7-8(13)6-9(14)11(15-7)16-12(18)10-4-2-3-5-17(10)19/h2-6H,1H3,(H,15,16,18). The first-order chi connectivity index (χ1) is 8.99. The highest BCUT2D eigenvalue weighted by atomic mass is 35.5. The molecule has 0 spiro atoms. The van der Waals surface area contributed by atoms with E-state index in [1.165, 1.54) is 24.4 Å². The third kappa shape index (κ3) is 2.94. The predicted molar refractivity (Wildman–Crippen MR) is 72.3 cm³/mol. The van der Waals surface area contributed by atoms with Crippen molar-refractivity contribution >= 4 is 34.9 Å². The van der Waals surface area contributed by atoms with E-state index in [4.69, 9.17) is 23.2 Å². The summed E-state index contributed by atoms with van der Waals surface area (Å²) in [5.74, 6) is -0.427. The van der Waals surface area contributed by atoms with Gasteiger partial charge in [-0.05, 0) is 19.1 Å². The highest BCUT2D eigenvalue weighted by Gasteiger charge is 2.17. The van der Waals surface area contributed by atoms with E-state index in [0.29, 0.717) is 15.4 Å². The van der Waals surface area contributed by atoms with Crippen LogP contribution < -0.4 is 10.0 Å². The molecule has 7 heteroatoms. The molecule has 0 aliphatic carbocycles. The fourth-order valence-corrected chi connectivity index (χ4v) is 1.83. The van der Waals surface area contributed by atoms with E-state index >= 15 is 0 Å². The maximum Gasteiger partial charge on any atom is 0.322 e. The SMILES string of the molecule is Cc1nc(NC(=O)c2cccc[n+]2[O-])c(Cl)cc1Cl. The van der Waals surface area contributed by atoms with Gasteiger partial charge in [-0.25, -0.2) is 4.98 Å². The molecule has 2 heterocycles. The molecule has 0 aromatic carbocycles. The van der Waals surface area contributed by atoms with Crippen LogP contribution >= 0.6 is 23.2 Å². The lowest BCUT2D eigenvalue weighted by atomic mass is 10.3. The maximum atomic E-state index is 11.9. The zero-order valence-corrected chi connectivity index (χ0v) is 11.4. The van der Waals surface area contributed by atoms with E-state index in [9.17, 15) is 10.0 Å². The van der Waals surface area contributed by atoms with Crippen LogP contribution in [-0.2, 0) is 0 Å². The monoisotopic (exact) mass is 297 g/mol. The van der Waals surface area contributed by atoms with Crippen LogP contribution in [-0.4, -0.2) is 10.9 Å². The van der Waals surface area contributed by atoms with Crippen LogP contribution in [0.2, 0.25) is 10.0 Å². The quantitative estimate of drug-likeness (QED) is 0.684. The molecule has 2 aromatic rings. The first-order valence-corrected chi connectivity index (χ1v) is 6.07. The summed E-state index contributed by atoms with van der Waals surface area (Å²) >= 11 is 11.8. The second-order valence-corrected chi connectivity index (χ2v) is 4.57. The lowest BCUT2D eigenvalue weighted by Crippen LogP contribution is -2.36. The van der Waals surface area contributed by atoms with Gasteiger partial charge in [-0.1, -0.05) is 23.2 Å². The molecule has 1 amide bonds. The number of rotatable bonds is 2. The normalized spacial score (nSPS) is 10.3. The van der Waals surface area contributed by atoms with Gasteiger partial charge < -0.3 is 10.5 Å². The summed E-state index contributed by atoms with van der Waals surface area (Å²) < 4.78 is 0.464. The van der Waals surface area contributed by atoms with Crippen molar-refractivity contribution in [2.75, 3.05) is 5.32 Å². The van der Waals surface area contributed by atoms with Crippen LogP contribution in [0.1, 0.15) is 16.2 Å². The zero-order chi connectivity index (χ0) is 14.0. The van der Waals surface area contributed by atoms with Gasteiger partial charge in [0.25, 0.3) is 5.69 Å². The van der Waals surface area contributed by atoms with E-state index in [1.54, 1.807) is 13.0 Å². The molecule has 2 rings (SSSR count). The molecule has 0 aliphatic rings. The lowest BCUT2D eigenvalue weighted by molar-refractivity contribution is -0.607. The summed E-state index contributed by atoms with van der Waals surface area (Å²) in [6.45, 7) is 1.69. The van der Waals surface area contributed by atoms with E-state index in [2.05, 4.69) is 10.3 Å². The predicted octanol–water partition coefficient (Wildman–Crippen LogP) is 2.58. The number of aryl methyl sites for hydroxylation is 1. The molecule has 0 aliphatic heterocycles. The van der Waals surface area contributed by atoms with Crippen molar-refractivity contribution in [3.63, 3.8) is 0 Å². The molecule has 19 heavy (non-hydrogen) atoms. The van der Waals surface area contributed by atoms with Gasteiger partial charge in [0.1, 0.15) is 0 Å². The Kier molecular flexibility index (Phi) is 3.87. The van der Waals surface area contributed by atoms with Gasteiger partial charge in [-0.2, -0.15) is 4.73 Å². The molecule has 5 nitrogen and oxygen atoms in total. The Bertz CT molecular complexity index is 647. The number of amides is 1. The van der Waals surface area contributed by atoms with Crippen LogP contribution in [0.3, 0.4) is 0 Å². The van der Waals surface area contributed by atoms with Crippen LogP contribution in [0, 0.1) is 12.1 Å². The number of anilines is 1. The second kappa shape index (κ2) is 5.42. The number of pyridine rings is 2. The van der Waals surface area contributed by atoms with Gasteiger partial charge in [0.05, 0.1) is 15.7 Å². The molecule has 0 saturated carbocycles. The van der Waals surface area contributed by atoms with Gasteiger partial charge in [-0.3, -0.25) is 4.79 Å². The summed E-state index contributed by atoms with van der Waals surface area (Å²) in [7, 11) is 0. The first kappa shape index (κ1) is 13.6. The van der Waals surface area contributed by atoms with Gasteiger partial charge in [0.2, 0.25) is 0 Å². The summed E-state index contributed by atoms with van der Waals surface area (Å²) in [6.07, 6.45) is 1.23. The number of nitrogens with zero attached hydrogens (tertiary/aromatic N) is 2. The van der Waals surface area contributed by atoms with E-state index in [1.807, 2.05) is 0 Å². The third-order valence-corrected chi connectivity index (χ3v) is 3.06. The summed E-state index contributed by atoms with van der Waals surface area (Å²) in [6, 6.07) is 6.00. The summed E-state index contributed by atoms with van der Waals surface area (Å²) in [5.41, 5.74) is 0.484. The average molecular weight is 298 g/mol. The second-order valence-electron chi connectivity index (χ2n) is 3.75. The Hall–Kier alpha value is -1.85. The molecule has 0 unspecified atom stereocenters. The molecule has 2 aromatic heterocycles. The van der Waals surface area contributed by atoms with Crippen molar-refractivity contribution < 1.29 is 9.52 Å². The Morgan fingerprint density at radius 2 is 2.11 bits per heavy atom. The van der Waals surface area contributed by atoms with Gasteiger partial charge in [0.15, 0.2) is 12.0 Å². The van der Waals surface area contributed by atoms with Crippen molar-refractivity contribution in [2.24, 2.45) is 0 Å². The zero-order valence-electron chi connectivity index (χ0n) is 9.85. The van der Waals surface area contributed by atoms with Gasteiger partial charge in [-0.15, -0.1) is 0 Å². The van der Waals surface area contributed by atoms with Crippen molar-refractivity contribution in [1.82, 2.24) is 4.98 Å². The highest BCUT2D eigenvalue weighted by molar-refractivity contribution is 6.36. The Morgan fingerprint density at radius 3 is 2.79 bits per heavy atom. The third-order valence-electron chi connectivity index (χ3n) is 2.39. The molecular formula is C12H9Cl2N3O2. The largest absolute Gasteiger partial charge is 0.618 e. The minimum absolute atomic E-state index is 0.0482. The van der Waals surface area contributed by atoms with Crippen LogP contribution in [0.4, 0.5) is 5.82 Å². The smallest absolute Gasteiger partial charge is 0.322 e. The fourth-order valence-electron chi connectivity index (χ4n) is 1.42. The van der Waals surface area contributed by atoms with E-state index < -0.39 is 5.91 Å². The van der Waals surface area contributed by atoms with E-state index in [0.717, 1.165) is 0 Å². The first-order valence-electron chi connectivity index (χ1n) is 5.31. The lowest BCUT2D eigenvalue weighted by Gasteiger charge is -2.08. The van der Waals surface area contributed by atoms with Crippen molar-refractivity contribution in [2.45, 2.75) is 6.92 Å². The fraction of sp³-hybridized carbons (Fsp3) is 0.0833. The maximum absolute atomic E-state index is 11.9. The highest BCUT2D eigenvalue weighted by Crippen LogP contribution is 2.25. The van der Waals surface area contributed by atoms with Crippen molar-refractivity contribution in [3.05, 3.63) is 57.1 Å². The van der Waals surface area contributed by atoms with Gasteiger partial charge >= 0.3 is 5.91 Å². The molecule has 0 radical (unpaired) electrons. The topological polar surface area (TPSA) is 68.9 Å². The number of aromatic nitrogens is 2. The summed E-state index contributed by atoms with van der Waals surface area (Å²) in [4.78, 5) is 16.0. The molecule has 0 saturated heterocycles. The summed E-state index contributed by atoms with van der Waals surface area (Å²) in [5, 5.41) is 14.5. The Labute approximate surface area is 119 Å². The van der Waals surface area contributed by atoms with Crippen LogP contribution in [0.25, 0.3) is 0 Å². The number of carbonyl (C=O) groups is 1. The number of carbonyl (C=O) groups excluding carboxylic acids is 1. The molecule has 0 fully saturated rings. The molecule has 0 bridgehead atoms. The van der Waals surface area contributed by atoms with E-state index in [-0.39, 0.29) is 16.5 Å². The van der Waals surface area contributed by atoms with Crippen molar-refractivity contribution in [1.29, 1.82) is 0 Å². The Balaban J connectivity index is 2.30. The molecular weight excluding hydrogens is 289 g/mol. The molecule has 1 N–H and O–H groups in total. The van der Waals surface area contributed by atoms with Crippen LogP contribution in [0.15, 0.2) is 30.5 Å². The van der Waals surface area contributed by atoms with Gasteiger partial charge in [0, 0.05) is 12.1 Å². The number of hydrogen-bond acceptors (Lipinski definition) is 3. The van der Waals surface area contributed by atoms with Crippen molar-refractivity contribution in [3.8, 4) is 0 Å². The Morgan fingerprint density at radius 1 is 1.37 bits per heavy atom. The minimum atomic E-state index is -0.591. The molecule has 98 valence electrons.